The van der Waals surface area contributed by atoms with Gasteiger partial charge in [-0.3, -0.25) is 0 Å². The highest BCUT2D eigenvalue weighted by Crippen LogP contribution is 2.53. The third-order valence-corrected chi connectivity index (χ3v) is 9.60. The Kier molecular flexibility index (Phi) is 5.38. The molecule has 196 valence electrons. The van der Waals surface area contributed by atoms with Crippen molar-refractivity contribution in [2.24, 2.45) is 0 Å². The number of hydrogen-bond acceptors (Lipinski definition) is 3. The van der Waals surface area contributed by atoms with Crippen LogP contribution in [0.4, 0.5) is 17.1 Å². The van der Waals surface area contributed by atoms with Gasteiger partial charge >= 0.3 is 0 Å². The molecule has 0 N–H and O–H groups in total. The van der Waals surface area contributed by atoms with Crippen LogP contribution >= 0.6 is 11.3 Å². The summed E-state index contributed by atoms with van der Waals surface area (Å²) in [7, 11) is 0. The number of rotatable bonds is 4. The van der Waals surface area contributed by atoms with Crippen molar-refractivity contribution in [3.8, 4) is 21.7 Å². The highest BCUT2D eigenvalue weighted by molar-refractivity contribution is 7.22. The lowest BCUT2D eigenvalue weighted by Gasteiger charge is -2.28. The molecular formula is C38H28N2S. The van der Waals surface area contributed by atoms with Crippen LogP contribution in [0.5, 0.6) is 0 Å². The Labute approximate surface area is 244 Å². The third kappa shape index (κ3) is 3.73. The number of thiazole rings is 1. The SMILES string of the molecule is CC1(C)c2cc(N(c3ccccc3)c3ccccc3)ccc2-c2ccc3c(ccc4nc(-c5ccccc5)sc43)c21. The van der Waals surface area contributed by atoms with E-state index < -0.39 is 0 Å². The van der Waals surface area contributed by atoms with Crippen LogP contribution in [0.15, 0.2) is 133 Å². The highest BCUT2D eigenvalue weighted by atomic mass is 32.1. The monoisotopic (exact) mass is 544 g/mol. The summed E-state index contributed by atoms with van der Waals surface area (Å²) in [6, 6.07) is 47.9. The third-order valence-electron chi connectivity index (χ3n) is 8.45. The summed E-state index contributed by atoms with van der Waals surface area (Å²) in [5.41, 5.74) is 11.0. The van der Waals surface area contributed by atoms with Crippen molar-refractivity contribution in [2.75, 3.05) is 4.90 Å². The Bertz CT molecular complexity index is 2020. The fourth-order valence-corrected chi connectivity index (χ4v) is 7.65. The van der Waals surface area contributed by atoms with Gasteiger partial charge in [-0.1, -0.05) is 105 Å². The first-order valence-electron chi connectivity index (χ1n) is 14.1. The molecule has 1 aliphatic carbocycles. The van der Waals surface area contributed by atoms with Gasteiger partial charge in [-0.25, -0.2) is 4.98 Å². The maximum Gasteiger partial charge on any atom is 0.124 e. The second-order valence-corrected chi connectivity index (χ2v) is 12.2. The summed E-state index contributed by atoms with van der Waals surface area (Å²) in [6.45, 7) is 4.76. The first-order chi connectivity index (χ1) is 20.1. The molecule has 1 aromatic heterocycles. The van der Waals surface area contributed by atoms with Gasteiger partial charge in [0.1, 0.15) is 5.01 Å². The highest BCUT2D eigenvalue weighted by Gasteiger charge is 2.37. The topological polar surface area (TPSA) is 16.1 Å². The predicted octanol–water partition coefficient (Wildman–Crippen LogP) is 10.9. The van der Waals surface area contributed by atoms with Crippen molar-refractivity contribution < 1.29 is 0 Å². The van der Waals surface area contributed by atoms with Crippen LogP contribution in [-0.2, 0) is 5.41 Å². The molecular weight excluding hydrogens is 516 g/mol. The van der Waals surface area contributed by atoms with E-state index in [2.05, 4.69) is 152 Å². The van der Waals surface area contributed by atoms with Gasteiger partial charge in [-0.05, 0) is 70.1 Å². The Balaban J connectivity index is 1.29. The second kappa shape index (κ2) is 9.15. The zero-order chi connectivity index (χ0) is 27.6. The van der Waals surface area contributed by atoms with Crippen LogP contribution in [0.2, 0.25) is 0 Å². The van der Waals surface area contributed by atoms with Crippen LogP contribution in [0, 0.1) is 0 Å². The van der Waals surface area contributed by atoms with Crippen LogP contribution in [0.25, 0.3) is 42.7 Å². The first kappa shape index (κ1) is 24.1. The van der Waals surface area contributed by atoms with E-state index in [0.717, 1.165) is 21.9 Å². The smallest absolute Gasteiger partial charge is 0.124 e. The van der Waals surface area contributed by atoms with Gasteiger partial charge in [0, 0.05) is 33.4 Å². The molecule has 8 rings (SSSR count). The Morgan fingerprint density at radius 3 is 1.88 bits per heavy atom. The quantitative estimate of drug-likeness (QED) is 0.219. The molecule has 0 unspecified atom stereocenters. The molecule has 0 amide bonds. The molecule has 0 spiro atoms. The lowest BCUT2D eigenvalue weighted by molar-refractivity contribution is 0.666. The number of anilines is 3. The summed E-state index contributed by atoms with van der Waals surface area (Å²) in [5, 5.41) is 3.68. The molecule has 1 heterocycles. The molecule has 6 aromatic carbocycles. The number of aromatic nitrogens is 1. The standard InChI is InChI=1S/C38H28N2S/c1-38(2)33-24-28(40(26-14-8-4-9-15-26)27-16-10-5-11-17-27)18-19-29(33)30-20-21-32-31(35(30)38)22-23-34-36(32)41-37(39-34)25-12-6-3-7-13-25/h3-24H,1-2H3. The number of nitrogens with zero attached hydrogens (tertiary/aromatic N) is 2. The van der Waals surface area contributed by atoms with Gasteiger partial charge in [-0.15, -0.1) is 11.3 Å². The van der Waals surface area contributed by atoms with Crippen molar-refractivity contribution in [1.29, 1.82) is 0 Å². The number of hydrogen-bond donors (Lipinski definition) is 0. The summed E-state index contributed by atoms with van der Waals surface area (Å²) in [6.07, 6.45) is 0. The number of para-hydroxylation sites is 2. The molecule has 3 heteroatoms. The van der Waals surface area contributed by atoms with E-state index in [-0.39, 0.29) is 5.41 Å². The summed E-state index contributed by atoms with van der Waals surface area (Å²) in [5.74, 6) is 0. The van der Waals surface area contributed by atoms with E-state index in [1.807, 2.05) is 0 Å². The molecule has 0 bridgehead atoms. The van der Waals surface area contributed by atoms with E-state index in [1.54, 1.807) is 11.3 Å². The van der Waals surface area contributed by atoms with Gasteiger partial charge in [0.25, 0.3) is 0 Å². The van der Waals surface area contributed by atoms with Crippen LogP contribution in [0.3, 0.4) is 0 Å². The maximum atomic E-state index is 5.00. The molecule has 0 radical (unpaired) electrons. The molecule has 0 saturated heterocycles. The molecule has 7 aromatic rings. The fraction of sp³-hybridized carbons (Fsp3) is 0.0789. The van der Waals surface area contributed by atoms with Crippen molar-refractivity contribution in [3.63, 3.8) is 0 Å². The number of fused-ring (bicyclic) bond motifs is 7. The van der Waals surface area contributed by atoms with E-state index in [0.29, 0.717) is 0 Å². The van der Waals surface area contributed by atoms with Crippen molar-refractivity contribution >= 4 is 49.4 Å². The minimum atomic E-state index is -0.153. The minimum absolute atomic E-state index is 0.153. The number of benzene rings is 6. The van der Waals surface area contributed by atoms with Crippen LogP contribution in [-0.4, -0.2) is 4.98 Å². The Hall–Kier alpha value is -4.73. The molecule has 0 saturated carbocycles. The van der Waals surface area contributed by atoms with Gasteiger partial charge in [-0.2, -0.15) is 0 Å². The van der Waals surface area contributed by atoms with E-state index in [9.17, 15) is 0 Å². The molecule has 0 fully saturated rings. The van der Waals surface area contributed by atoms with Crippen molar-refractivity contribution in [3.05, 3.63) is 145 Å². The summed E-state index contributed by atoms with van der Waals surface area (Å²) >= 11 is 1.79. The van der Waals surface area contributed by atoms with Crippen molar-refractivity contribution in [1.82, 2.24) is 4.98 Å². The average Bonchev–Trinajstić information content (AvgIpc) is 3.56. The first-order valence-corrected chi connectivity index (χ1v) is 14.9. The molecule has 0 atom stereocenters. The molecule has 41 heavy (non-hydrogen) atoms. The summed E-state index contributed by atoms with van der Waals surface area (Å²) in [4.78, 5) is 7.35. The lowest BCUT2D eigenvalue weighted by atomic mass is 9.80. The normalized spacial score (nSPS) is 13.3. The minimum Gasteiger partial charge on any atom is -0.310 e. The van der Waals surface area contributed by atoms with Gasteiger partial charge < -0.3 is 4.90 Å². The van der Waals surface area contributed by atoms with E-state index >= 15 is 0 Å². The zero-order valence-electron chi connectivity index (χ0n) is 23.0. The average molecular weight is 545 g/mol. The van der Waals surface area contributed by atoms with Crippen LogP contribution < -0.4 is 4.90 Å². The molecule has 2 nitrogen and oxygen atoms in total. The van der Waals surface area contributed by atoms with E-state index in [1.165, 1.54) is 49.0 Å². The van der Waals surface area contributed by atoms with Crippen LogP contribution in [0.1, 0.15) is 25.0 Å². The van der Waals surface area contributed by atoms with Gasteiger partial charge in [0.05, 0.1) is 10.2 Å². The Morgan fingerprint density at radius 2 is 1.20 bits per heavy atom. The lowest BCUT2D eigenvalue weighted by Crippen LogP contribution is -2.17. The molecule has 1 aliphatic rings. The zero-order valence-corrected chi connectivity index (χ0v) is 23.8. The summed E-state index contributed by atoms with van der Waals surface area (Å²) < 4.78 is 1.26. The largest absolute Gasteiger partial charge is 0.310 e. The second-order valence-electron chi connectivity index (χ2n) is 11.2. The maximum absolute atomic E-state index is 5.00. The predicted molar refractivity (Wildman–Crippen MR) is 175 cm³/mol. The molecule has 0 aliphatic heterocycles. The van der Waals surface area contributed by atoms with Gasteiger partial charge in [0.15, 0.2) is 0 Å². The Morgan fingerprint density at radius 1 is 0.585 bits per heavy atom. The van der Waals surface area contributed by atoms with Crippen molar-refractivity contribution in [2.45, 2.75) is 19.3 Å². The van der Waals surface area contributed by atoms with Gasteiger partial charge in [0.2, 0.25) is 0 Å². The fourth-order valence-electron chi connectivity index (χ4n) is 6.55. The van der Waals surface area contributed by atoms with E-state index in [4.69, 9.17) is 4.98 Å².